The Balaban J connectivity index is 2.10. The second-order valence-corrected chi connectivity index (χ2v) is 10.3. The quantitative estimate of drug-likeness (QED) is 0.167. The fourth-order valence-corrected chi connectivity index (χ4v) is 4.43. The number of ether oxygens (including phenoxy) is 3. The van der Waals surface area contributed by atoms with Crippen molar-refractivity contribution in [1.29, 1.82) is 0 Å². The maximum Gasteiger partial charge on any atom is 0.295 e. The molecule has 8 nitrogen and oxygen atoms in total. The van der Waals surface area contributed by atoms with Crippen LogP contribution in [0, 0.1) is 12.8 Å². The molecule has 2 aromatic rings. The average molecular weight is 537 g/mol. The van der Waals surface area contributed by atoms with E-state index in [4.69, 9.17) is 14.2 Å². The minimum atomic E-state index is -0.792. The molecule has 39 heavy (non-hydrogen) atoms. The summed E-state index contributed by atoms with van der Waals surface area (Å²) in [6.07, 6.45) is 2.54. The maximum atomic E-state index is 13.4. The molecule has 1 N–H and O–H groups in total. The topological polar surface area (TPSA) is 88.5 Å². The third-order valence-electron chi connectivity index (χ3n) is 6.61. The smallest absolute Gasteiger partial charge is 0.295 e. The zero-order valence-corrected chi connectivity index (χ0v) is 23.8. The number of benzene rings is 2. The van der Waals surface area contributed by atoms with E-state index >= 15 is 0 Å². The lowest BCUT2D eigenvalue weighted by atomic mass is 9.93. The number of aryl methyl sites for hydroxylation is 1. The largest absolute Gasteiger partial charge is 0.507 e. The first-order valence-electron chi connectivity index (χ1n) is 13.2. The van der Waals surface area contributed by atoms with Crippen LogP contribution in [0.4, 0.5) is 0 Å². The molecule has 1 aliphatic rings. The summed E-state index contributed by atoms with van der Waals surface area (Å²) in [5.74, 6) is 0.590. The number of aliphatic hydroxyl groups excluding tert-OH is 1. The van der Waals surface area contributed by atoms with E-state index in [1.165, 1.54) is 4.90 Å². The SMILES string of the molecule is C=CCOc1ccc(C(O)=C2C(=O)C(=O)N(CCN(C)C)C2c2ccc(OCCC(C)C)c(OC)c2)c(C)c1. The van der Waals surface area contributed by atoms with E-state index in [1.807, 2.05) is 32.0 Å². The van der Waals surface area contributed by atoms with Crippen LogP contribution < -0.4 is 14.2 Å². The Bertz CT molecular complexity index is 1230. The Morgan fingerprint density at radius 2 is 1.87 bits per heavy atom. The van der Waals surface area contributed by atoms with Crippen molar-refractivity contribution in [2.24, 2.45) is 5.92 Å². The molecule has 2 aromatic carbocycles. The monoisotopic (exact) mass is 536 g/mol. The van der Waals surface area contributed by atoms with Gasteiger partial charge in [0.1, 0.15) is 18.1 Å². The van der Waals surface area contributed by atoms with Gasteiger partial charge >= 0.3 is 0 Å². The molecule has 1 amide bonds. The van der Waals surface area contributed by atoms with Crippen LogP contribution in [-0.2, 0) is 9.59 Å². The summed E-state index contributed by atoms with van der Waals surface area (Å²) in [6.45, 7) is 11.5. The summed E-state index contributed by atoms with van der Waals surface area (Å²) in [5.41, 5.74) is 1.85. The molecule has 0 spiro atoms. The van der Waals surface area contributed by atoms with Crippen LogP contribution >= 0.6 is 0 Å². The summed E-state index contributed by atoms with van der Waals surface area (Å²) in [5, 5.41) is 11.5. The Hall–Kier alpha value is -3.78. The molecule has 1 unspecified atom stereocenters. The van der Waals surface area contributed by atoms with E-state index < -0.39 is 17.7 Å². The van der Waals surface area contributed by atoms with Gasteiger partial charge in [-0.3, -0.25) is 9.59 Å². The molecule has 8 heteroatoms. The first-order valence-corrected chi connectivity index (χ1v) is 13.2. The molecule has 0 saturated carbocycles. The van der Waals surface area contributed by atoms with Gasteiger partial charge in [-0.25, -0.2) is 0 Å². The molecule has 0 aliphatic carbocycles. The van der Waals surface area contributed by atoms with Gasteiger partial charge in [0.15, 0.2) is 11.5 Å². The van der Waals surface area contributed by atoms with Crippen molar-refractivity contribution >= 4 is 17.4 Å². The minimum Gasteiger partial charge on any atom is -0.507 e. The molecule has 1 fully saturated rings. The molecule has 3 rings (SSSR count). The first kappa shape index (κ1) is 29.8. The summed E-state index contributed by atoms with van der Waals surface area (Å²) >= 11 is 0. The van der Waals surface area contributed by atoms with Gasteiger partial charge in [-0.2, -0.15) is 0 Å². The number of rotatable bonds is 13. The Kier molecular flexibility index (Phi) is 10.2. The van der Waals surface area contributed by atoms with Crippen LogP contribution in [0.5, 0.6) is 17.2 Å². The van der Waals surface area contributed by atoms with Crippen molar-refractivity contribution in [3.63, 3.8) is 0 Å². The van der Waals surface area contributed by atoms with Crippen LogP contribution in [0.2, 0.25) is 0 Å². The van der Waals surface area contributed by atoms with Crippen LogP contribution in [0.3, 0.4) is 0 Å². The van der Waals surface area contributed by atoms with Gasteiger partial charge < -0.3 is 29.1 Å². The van der Waals surface area contributed by atoms with E-state index in [-0.39, 0.29) is 11.3 Å². The summed E-state index contributed by atoms with van der Waals surface area (Å²) < 4.78 is 17.2. The molecule has 1 saturated heterocycles. The van der Waals surface area contributed by atoms with Crippen LogP contribution in [0.25, 0.3) is 5.76 Å². The third-order valence-corrected chi connectivity index (χ3v) is 6.61. The first-order chi connectivity index (χ1) is 18.6. The van der Waals surface area contributed by atoms with Crippen LogP contribution in [-0.4, -0.2) is 74.1 Å². The van der Waals surface area contributed by atoms with Crippen molar-refractivity contribution < 1.29 is 28.9 Å². The molecule has 1 aliphatic heterocycles. The van der Waals surface area contributed by atoms with Gasteiger partial charge in [0, 0.05) is 18.7 Å². The number of ketones is 1. The van der Waals surface area contributed by atoms with E-state index in [9.17, 15) is 14.7 Å². The number of Topliss-reactive ketones (excluding diaryl/α,β-unsaturated/α-hetero) is 1. The maximum absolute atomic E-state index is 13.4. The summed E-state index contributed by atoms with van der Waals surface area (Å²) in [4.78, 5) is 30.1. The van der Waals surface area contributed by atoms with Crippen LogP contribution in [0.1, 0.15) is 43.0 Å². The summed E-state index contributed by atoms with van der Waals surface area (Å²) in [7, 11) is 5.35. The highest BCUT2D eigenvalue weighted by molar-refractivity contribution is 6.46. The standard InChI is InChI=1S/C31H40N2O6/c1-8-16-38-23-10-11-24(21(4)18-23)29(34)27-28(33(15-14-32(5)6)31(36)30(27)35)22-9-12-25(26(19-22)37-7)39-17-13-20(2)3/h8-12,18-20,28,34H,1,13-17H2,2-7H3. The van der Waals surface area contributed by atoms with Gasteiger partial charge in [0.05, 0.1) is 25.3 Å². The average Bonchev–Trinajstić information content (AvgIpc) is 3.15. The number of amides is 1. The normalized spacial score (nSPS) is 16.7. The Labute approximate surface area is 231 Å². The number of likely N-dealkylation sites (tertiary alicyclic amines) is 1. The molecular weight excluding hydrogens is 496 g/mol. The molecular formula is C31H40N2O6. The van der Waals surface area contributed by atoms with Gasteiger partial charge in [-0.05, 0) is 74.8 Å². The van der Waals surface area contributed by atoms with E-state index in [0.29, 0.717) is 66.2 Å². The fraction of sp³-hybridized carbons (Fsp3) is 0.419. The zero-order chi connectivity index (χ0) is 28.7. The van der Waals surface area contributed by atoms with E-state index in [2.05, 4.69) is 20.4 Å². The predicted octanol–water partition coefficient (Wildman–Crippen LogP) is 4.98. The Morgan fingerprint density at radius 3 is 2.49 bits per heavy atom. The lowest BCUT2D eigenvalue weighted by molar-refractivity contribution is -0.140. The van der Waals surface area contributed by atoms with Gasteiger partial charge in [0.2, 0.25) is 0 Å². The molecule has 210 valence electrons. The number of nitrogens with zero attached hydrogens (tertiary/aromatic N) is 2. The fourth-order valence-electron chi connectivity index (χ4n) is 4.43. The number of methoxy groups -OCH3 is 1. The highest BCUT2D eigenvalue weighted by atomic mass is 16.5. The number of likely N-dealkylation sites (N-methyl/N-ethyl adjacent to an activating group) is 1. The van der Waals surface area contributed by atoms with E-state index in [0.717, 1.165) is 6.42 Å². The van der Waals surface area contributed by atoms with Crippen molar-refractivity contribution in [3.8, 4) is 17.2 Å². The number of carbonyl (C=O) groups is 2. The molecule has 0 bridgehead atoms. The number of aliphatic hydroxyl groups is 1. The second-order valence-electron chi connectivity index (χ2n) is 10.3. The Morgan fingerprint density at radius 1 is 1.13 bits per heavy atom. The van der Waals surface area contributed by atoms with Crippen molar-refractivity contribution in [1.82, 2.24) is 9.80 Å². The number of carbonyl (C=O) groups excluding carboxylic acids is 2. The highest BCUT2D eigenvalue weighted by Crippen LogP contribution is 2.42. The predicted molar refractivity (Wildman–Crippen MR) is 152 cm³/mol. The van der Waals surface area contributed by atoms with Crippen LogP contribution in [0.15, 0.2) is 54.6 Å². The molecule has 1 heterocycles. The van der Waals surface area contributed by atoms with E-state index in [1.54, 1.807) is 43.5 Å². The van der Waals surface area contributed by atoms with Crippen molar-refractivity contribution in [2.45, 2.75) is 33.2 Å². The molecule has 0 radical (unpaired) electrons. The number of hydrogen-bond donors (Lipinski definition) is 1. The van der Waals surface area contributed by atoms with Crippen molar-refractivity contribution in [2.75, 3.05) is 47.5 Å². The minimum absolute atomic E-state index is 0.0390. The number of hydrogen-bond acceptors (Lipinski definition) is 7. The van der Waals surface area contributed by atoms with Crippen molar-refractivity contribution in [3.05, 3.63) is 71.3 Å². The highest BCUT2D eigenvalue weighted by Gasteiger charge is 2.46. The third kappa shape index (κ3) is 7.00. The molecule has 1 atom stereocenters. The lowest BCUT2D eigenvalue weighted by Crippen LogP contribution is -2.35. The van der Waals surface area contributed by atoms with Gasteiger partial charge in [0.25, 0.3) is 11.7 Å². The lowest BCUT2D eigenvalue weighted by Gasteiger charge is -2.27. The molecule has 0 aromatic heterocycles. The van der Waals surface area contributed by atoms with Gasteiger partial charge in [-0.15, -0.1) is 0 Å². The summed E-state index contributed by atoms with van der Waals surface area (Å²) in [6, 6.07) is 9.78. The zero-order valence-electron chi connectivity index (χ0n) is 23.8. The second kappa shape index (κ2) is 13.3. The van der Waals surface area contributed by atoms with Gasteiger partial charge in [-0.1, -0.05) is 32.6 Å².